The van der Waals surface area contributed by atoms with E-state index in [0.29, 0.717) is 6.54 Å². The molecule has 1 aliphatic carbocycles. The minimum absolute atomic E-state index is 0.140. The lowest BCUT2D eigenvalue weighted by atomic mass is 10.1. The Hall–Kier alpha value is -1.17. The summed E-state index contributed by atoms with van der Waals surface area (Å²) < 4.78 is 0. The summed E-state index contributed by atoms with van der Waals surface area (Å²) in [6.07, 6.45) is 6.07. The SMILES string of the molecule is C#CC1(CNC(=O)O)CC1. The van der Waals surface area contributed by atoms with Gasteiger partial charge in [-0.1, -0.05) is 5.92 Å². The Morgan fingerprint density at radius 1 is 1.80 bits per heavy atom. The molecule has 3 nitrogen and oxygen atoms in total. The Morgan fingerprint density at radius 3 is 2.70 bits per heavy atom. The highest BCUT2D eigenvalue weighted by atomic mass is 16.4. The Balaban J connectivity index is 2.27. The third-order valence-corrected chi connectivity index (χ3v) is 1.74. The fourth-order valence-electron chi connectivity index (χ4n) is 0.768. The highest BCUT2D eigenvalue weighted by molar-refractivity contribution is 5.64. The first-order valence-electron chi connectivity index (χ1n) is 3.13. The average molecular weight is 139 g/mol. The van der Waals surface area contributed by atoms with Crippen molar-refractivity contribution in [2.75, 3.05) is 6.54 Å². The number of carboxylic acid groups (broad SMARTS) is 1. The highest BCUT2D eigenvalue weighted by Crippen LogP contribution is 2.43. The number of hydrogen-bond donors (Lipinski definition) is 2. The van der Waals surface area contributed by atoms with Gasteiger partial charge >= 0.3 is 6.09 Å². The van der Waals surface area contributed by atoms with Gasteiger partial charge in [0.25, 0.3) is 0 Å². The molecule has 2 N–H and O–H groups in total. The van der Waals surface area contributed by atoms with E-state index in [0.717, 1.165) is 12.8 Å². The second kappa shape index (κ2) is 2.22. The van der Waals surface area contributed by atoms with Crippen LogP contribution in [-0.4, -0.2) is 17.7 Å². The number of carbonyl (C=O) groups is 1. The van der Waals surface area contributed by atoms with Gasteiger partial charge in [-0.05, 0) is 12.8 Å². The Labute approximate surface area is 59.4 Å². The molecule has 1 aliphatic rings. The van der Waals surface area contributed by atoms with E-state index >= 15 is 0 Å². The Morgan fingerprint density at radius 2 is 2.40 bits per heavy atom. The molecule has 0 spiro atoms. The predicted molar refractivity (Wildman–Crippen MR) is 36.5 cm³/mol. The van der Waals surface area contributed by atoms with Crippen LogP contribution in [0, 0.1) is 17.8 Å². The zero-order valence-corrected chi connectivity index (χ0v) is 5.55. The monoisotopic (exact) mass is 139 g/mol. The first-order valence-corrected chi connectivity index (χ1v) is 3.13. The van der Waals surface area contributed by atoms with Crippen molar-refractivity contribution in [3.8, 4) is 12.3 Å². The number of terminal acetylenes is 1. The quantitative estimate of drug-likeness (QED) is 0.552. The second-order valence-corrected chi connectivity index (χ2v) is 2.58. The van der Waals surface area contributed by atoms with Gasteiger partial charge in [0, 0.05) is 12.0 Å². The molecule has 0 atom stereocenters. The van der Waals surface area contributed by atoms with Crippen molar-refractivity contribution in [2.45, 2.75) is 12.8 Å². The van der Waals surface area contributed by atoms with Gasteiger partial charge < -0.3 is 10.4 Å². The minimum atomic E-state index is -0.999. The van der Waals surface area contributed by atoms with Crippen molar-refractivity contribution < 1.29 is 9.90 Å². The molecule has 3 heteroatoms. The zero-order chi connectivity index (χ0) is 7.61. The van der Waals surface area contributed by atoms with Crippen LogP contribution in [0.2, 0.25) is 0 Å². The summed E-state index contributed by atoms with van der Waals surface area (Å²) >= 11 is 0. The molecule has 0 aromatic rings. The van der Waals surface area contributed by atoms with Gasteiger partial charge in [-0.15, -0.1) is 6.42 Å². The van der Waals surface area contributed by atoms with E-state index in [1.807, 2.05) is 0 Å². The summed E-state index contributed by atoms with van der Waals surface area (Å²) in [7, 11) is 0. The van der Waals surface area contributed by atoms with Crippen molar-refractivity contribution in [3.05, 3.63) is 0 Å². The van der Waals surface area contributed by atoms with Gasteiger partial charge in [-0.2, -0.15) is 0 Å². The smallest absolute Gasteiger partial charge is 0.404 e. The summed E-state index contributed by atoms with van der Waals surface area (Å²) in [6.45, 7) is 0.402. The molecule has 0 aromatic heterocycles. The maximum atomic E-state index is 10.0. The van der Waals surface area contributed by atoms with Crippen LogP contribution >= 0.6 is 0 Å². The predicted octanol–water partition coefficient (Wildman–Crippen LogP) is 0.667. The lowest BCUT2D eigenvalue weighted by molar-refractivity contribution is 0.193. The van der Waals surface area contributed by atoms with Crippen LogP contribution in [0.15, 0.2) is 0 Å². The Kier molecular flexibility index (Phi) is 1.54. The maximum Gasteiger partial charge on any atom is 0.404 e. The first-order chi connectivity index (χ1) is 4.68. The molecule has 1 amide bonds. The van der Waals surface area contributed by atoms with Crippen LogP contribution in [-0.2, 0) is 0 Å². The fraction of sp³-hybridized carbons (Fsp3) is 0.571. The number of rotatable bonds is 2. The molecule has 54 valence electrons. The summed E-state index contributed by atoms with van der Waals surface area (Å²) in [5.74, 6) is 2.58. The zero-order valence-electron chi connectivity index (χ0n) is 5.55. The van der Waals surface area contributed by atoms with Crippen LogP contribution in [0.3, 0.4) is 0 Å². The van der Waals surface area contributed by atoms with E-state index < -0.39 is 6.09 Å². The van der Waals surface area contributed by atoms with E-state index in [-0.39, 0.29) is 5.41 Å². The van der Waals surface area contributed by atoms with Crippen LogP contribution in [0.25, 0.3) is 0 Å². The van der Waals surface area contributed by atoms with Crippen LogP contribution in [0.4, 0.5) is 4.79 Å². The molecule has 0 radical (unpaired) electrons. The molecule has 0 heterocycles. The van der Waals surface area contributed by atoms with Crippen LogP contribution in [0.1, 0.15) is 12.8 Å². The van der Waals surface area contributed by atoms with E-state index in [1.165, 1.54) is 0 Å². The highest BCUT2D eigenvalue weighted by Gasteiger charge is 2.40. The first kappa shape index (κ1) is 6.94. The van der Waals surface area contributed by atoms with Gasteiger partial charge in [-0.25, -0.2) is 4.79 Å². The summed E-state index contributed by atoms with van der Waals surface area (Å²) in [5, 5.41) is 10.5. The van der Waals surface area contributed by atoms with E-state index in [1.54, 1.807) is 0 Å². The van der Waals surface area contributed by atoms with Crippen molar-refractivity contribution >= 4 is 6.09 Å². The Bertz CT molecular complexity index is 188. The molecular weight excluding hydrogens is 130 g/mol. The molecule has 1 fully saturated rings. The number of amides is 1. The van der Waals surface area contributed by atoms with Gasteiger partial charge in [0.15, 0.2) is 0 Å². The molecule has 0 aromatic carbocycles. The molecule has 1 rings (SSSR count). The van der Waals surface area contributed by atoms with Crippen molar-refractivity contribution in [1.82, 2.24) is 5.32 Å². The van der Waals surface area contributed by atoms with Crippen molar-refractivity contribution in [3.63, 3.8) is 0 Å². The number of nitrogens with one attached hydrogen (secondary N) is 1. The largest absolute Gasteiger partial charge is 0.465 e. The molecule has 10 heavy (non-hydrogen) atoms. The minimum Gasteiger partial charge on any atom is -0.465 e. The molecular formula is C7H9NO2. The van der Waals surface area contributed by atoms with E-state index in [9.17, 15) is 4.79 Å². The van der Waals surface area contributed by atoms with Crippen molar-refractivity contribution in [1.29, 1.82) is 0 Å². The molecule has 0 aliphatic heterocycles. The molecule has 0 unspecified atom stereocenters. The van der Waals surface area contributed by atoms with Gasteiger partial charge in [0.1, 0.15) is 0 Å². The number of hydrogen-bond acceptors (Lipinski definition) is 1. The summed E-state index contributed by atoms with van der Waals surface area (Å²) in [4.78, 5) is 10.0. The fourth-order valence-corrected chi connectivity index (χ4v) is 0.768. The standard InChI is InChI=1S/C7H9NO2/c1-2-7(3-4-7)5-8-6(9)10/h1,8H,3-5H2,(H,9,10). The van der Waals surface area contributed by atoms with E-state index in [2.05, 4.69) is 11.2 Å². The molecule has 1 saturated carbocycles. The normalized spacial score (nSPS) is 19.1. The van der Waals surface area contributed by atoms with Gasteiger partial charge in [0.2, 0.25) is 0 Å². The van der Waals surface area contributed by atoms with Crippen LogP contribution in [0.5, 0.6) is 0 Å². The molecule has 0 saturated heterocycles. The lowest BCUT2D eigenvalue weighted by Gasteiger charge is -2.04. The van der Waals surface area contributed by atoms with Crippen LogP contribution < -0.4 is 5.32 Å². The lowest BCUT2D eigenvalue weighted by Crippen LogP contribution is -2.27. The average Bonchev–Trinajstić information content (AvgIpc) is 2.64. The van der Waals surface area contributed by atoms with Gasteiger partial charge in [0.05, 0.1) is 0 Å². The topological polar surface area (TPSA) is 49.3 Å². The van der Waals surface area contributed by atoms with E-state index in [4.69, 9.17) is 11.5 Å². The summed E-state index contributed by atoms with van der Waals surface area (Å²) in [6, 6.07) is 0. The third-order valence-electron chi connectivity index (χ3n) is 1.74. The second-order valence-electron chi connectivity index (χ2n) is 2.58. The van der Waals surface area contributed by atoms with Crippen molar-refractivity contribution in [2.24, 2.45) is 5.41 Å². The maximum absolute atomic E-state index is 10.0. The summed E-state index contributed by atoms with van der Waals surface area (Å²) in [5.41, 5.74) is -0.140. The third kappa shape index (κ3) is 1.41. The molecule has 0 bridgehead atoms. The van der Waals surface area contributed by atoms with Gasteiger partial charge in [-0.3, -0.25) is 0 Å².